The molecule has 0 spiro atoms. The molecule has 0 fully saturated rings. The minimum Gasteiger partial charge on any atom is -0.511 e. The van der Waals surface area contributed by atoms with Gasteiger partial charge in [-0.1, -0.05) is 74.8 Å². The Morgan fingerprint density at radius 2 is 1.68 bits per heavy atom. The topological polar surface area (TPSA) is 132 Å². The van der Waals surface area contributed by atoms with Crippen molar-refractivity contribution < 1.29 is 34.8 Å². The largest absolute Gasteiger partial charge is 0.511 e. The van der Waals surface area contributed by atoms with E-state index < -0.39 is 56.4 Å². The van der Waals surface area contributed by atoms with Crippen LogP contribution in [0.25, 0.3) is 0 Å². The summed E-state index contributed by atoms with van der Waals surface area (Å²) >= 11 is 0. The molecular formula is C34H46O7. The van der Waals surface area contributed by atoms with Crippen molar-refractivity contribution in [2.24, 2.45) is 28.1 Å². The molecule has 0 amide bonds. The minimum atomic E-state index is -2.61. The molecule has 4 rings (SSSR count). The quantitative estimate of drug-likeness (QED) is 0.271. The average molecular weight is 567 g/mol. The van der Waals surface area contributed by atoms with E-state index in [2.05, 4.69) is 0 Å². The van der Waals surface area contributed by atoms with Crippen LogP contribution < -0.4 is 0 Å². The lowest BCUT2D eigenvalue weighted by molar-refractivity contribution is -0.171. The first kappa shape index (κ1) is 31.0. The highest BCUT2D eigenvalue weighted by Gasteiger charge is 2.71. The molecule has 0 saturated heterocycles. The SMILES string of the molecule is CCCC(C)(C)CC(=O)C1=C(O)C(C(C)C)[C@@]2(C)C[C@@]3(C)Cc4c(C(C)C)ccc(O)c4C(=O)C3=C(O)[C@@]2(O)C1=O. The summed E-state index contributed by atoms with van der Waals surface area (Å²) in [6.45, 7) is 17.0. The van der Waals surface area contributed by atoms with Crippen LogP contribution in [-0.4, -0.2) is 43.4 Å². The maximum atomic E-state index is 14.3. The van der Waals surface area contributed by atoms with Crippen LogP contribution in [0.2, 0.25) is 0 Å². The molecule has 1 aromatic carbocycles. The molecule has 3 aliphatic rings. The van der Waals surface area contributed by atoms with E-state index in [9.17, 15) is 34.8 Å². The monoisotopic (exact) mass is 566 g/mol. The predicted molar refractivity (Wildman–Crippen MR) is 157 cm³/mol. The molecule has 1 aromatic rings. The van der Waals surface area contributed by atoms with E-state index in [0.29, 0.717) is 12.0 Å². The van der Waals surface area contributed by atoms with Gasteiger partial charge in [0.05, 0.1) is 5.56 Å². The van der Waals surface area contributed by atoms with Crippen molar-refractivity contribution in [1.29, 1.82) is 0 Å². The van der Waals surface area contributed by atoms with Crippen molar-refractivity contribution in [1.82, 2.24) is 0 Å². The average Bonchev–Trinajstić information content (AvgIpc) is 2.80. The van der Waals surface area contributed by atoms with Crippen molar-refractivity contribution in [2.45, 2.75) is 106 Å². The van der Waals surface area contributed by atoms with Gasteiger partial charge in [0.15, 0.2) is 17.2 Å². The van der Waals surface area contributed by atoms with Crippen molar-refractivity contribution in [3.05, 3.63) is 51.5 Å². The summed E-state index contributed by atoms with van der Waals surface area (Å²) in [6.07, 6.45) is 1.92. The summed E-state index contributed by atoms with van der Waals surface area (Å²) in [7, 11) is 0. The fourth-order valence-electron chi connectivity index (χ4n) is 8.51. The molecule has 7 heteroatoms. The van der Waals surface area contributed by atoms with Gasteiger partial charge in [-0.3, -0.25) is 14.4 Å². The maximum Gasteiger partial charge on any atom is 0.209 e. The second-order valence-electron chi connectivity index (χ2n) is 14.6. The van der Waals surface area contributed by atoms with Crippen LogP contribution in [0.3, 0.4) is 0 Å². The van der Waals surface area contributed by atoms with Crippen LogP contribution in [-0.2, 0) is 16.0 Å². The molecule has 4 atom stereocenters. The lowest BCUT2D eigenvalue weighted by Crippen LogP contribution is -2.67. The Morgan fingerprint density at radius 1 is 1.07 bits per heavy atom. The molecule has 224 valence electrons. The maximum absolute atomic E-state index is 14.3. The van der Waals surface area contributed by atoms with Gasteiger partial charge in [0.25, 0.3) is 0 Å². The lowest BCUT2D eigenvalue weighted by Gasteiger charge is -2.59. The van der Waals surface area contributed by atoms with Gasteiger partial charge in [0, 0.05) is 28.7 Å². The number of ketones is 3. The highest BCUT2D eigenvalue weighted by molar-refractivity contribution is 6.26. The third kappa shape index (κ3) is 4.29. The van der Waals surface area contributed by atoms with Gasteiger partial charge in [0.1, 0.15) is 22.8 Å². The number of carbonyl (C=O) groups excluding carboxylic acids is 3. The van der Waals surface area contributed by atoms with Crippen molar-refractivity contribution in [2.75, 3.05) is 0 Å². The normalized spacial score (nSPS) is 30.1. The van der Waals surface area contributed by atoms with E-state index in [-0.39, 0.29) is 47.3 Å². The number of aliphatic hydroxyl groups excluding tert-OH is 2. The number of rotatable bonds is 7. The number of benzene rings is 1. The van der Waals surface area contributed by atoms with Crippen molar-refractivity contribution >= 4 is 17.3 Å². The first-order valence-corrected chi connectivity index (χ1v) is 14.9. The molecule has 0 radical (unpaired) electrons. The number of phenols is 1. The minimum absolute atomic E-state index is 0.0171. The second kappa shape index (κ2) is 9.82. The first-order valence-electron chi connectivity index (χ1n) is 14.9. The lowest BCUT2D eigenvalue weighted by atomic mass is 9.44. The molecule has 0 aliphatic heterocycles. The fourth-order valence-corrected chi connectivity index (χ4v) is 8.51. The smallest absolute Gasteiger partial charge is 0.209 e. The van der Waals surface area contributed by atoms with Crippen molar-refractivity contribution in [3.63, 3.8) is 0 Å². The van der Waals surface area contributed by atoms with Gasteiger partial charge in [-0.05, 0) is 53.7 Å². The summed E-state index contributed by atoms with van der Waals surface area (Å²) in [6, 6.07) is 3.27. The van der Waals surface area contributed by atoms with E-state index in [1.807, 2.05) is 55.4 Å². The summed E-state index contributed by atoms with van der Waals surface area (Å²) in [4.78, 5) is 42.1. The van der Waals surface area contributed by atoms with Gasteiger partial charge in [-0.25, -0.2) is 0 Å². The number of aromatic hydroxyl groups is 1. The van der Waals surface area contributed by atoms with Gasteiger partial charge in [-0.2, -0.15) is 0 Å². The van der Waals surface area contributed by atoms with Crippen LogP contribution in [0, 0.1) is 28.1 Å². The van der Waals surface area contributed by atoms with Crippen LogP contribution in [0.15, 0.2) is 34.8 Å². The number of hydrogen-bond acceptors (Lipinski definition) is 7. The van der Waals surface area contributed by atoms with E-state index >= 15 is 0 Å². The van der Waals surface area contributed by atoms with Crippen molar-refractivity contribution in [3.8, 4) is 5.75 Å². The summed E-state index contributed by atoms with van der Waals surface area (Å²) < 4.78 is 0. The summed E-state index contributed by atoms with van der Waals surface area (Å²) in [5, 5.41) is 46.7. The zero-order chi connectivity index (χ0) is 31.0. The highest BCUT2D eigenvalue weighted by Crippen LogP contribution is 2.65. The zero-order valence-electron chi connectivity index (χ0n) is 25.9. The standard InChI is InChI=1S/C34H46O7/c1-10-13-31(6,7)15-22(36)24-28(38)25(18(4)5)33(9)16-32(8)14-20-19(17(2)3)11-12-21(35)23(20)27(37)26(32)30(40)34(33,41)29(24)39/h11-12,17-18,25,35,38,40-41H,10,13-16H2,1-9H3/t25?,32-,33-,34+/m1/s1. The molecule has 0 aromatic heterocycles. The number of carbonyl (C=O) groups is 3. The third-order valence-corrected chi connectivity index (χ3v) is 10.0. The molecule has 1 unspecified atom stereocenters. The molecule has 41 heavy (non-hydrogen) atoms. The first-order chi connectivity index (χ1) is 18.8. The van der Waals surface area contributed by atoms with Gasteiger partial charge in [-0.15, -0.1) is 0 Å². The Kier molecular flexibility index (Phi) is 7.43. The van der Waals surface area contributed by atoms with Gasteiger partial charge >= 0.3 is 0 Å². The Labute approximate surface area is 243 Å². The van der Waals surface area contributed by atoms with E-state index in [4.69, 9.17) is 0 Å². The predicted octanol–water partition coefficient (Wildman–Crippen LogP) is 6.67. The highest BCUT2D eigenvalue weighted by atomic mass is 16.3. The van der Waals surface area contributed by atoms with E-state index in [0.717, 1.165) is 18.4 Å². The van der Waals surface area contributed by atoms with Gasteiger partial charge in [0.2, 0.25) is 5.78 Å². The molecular weight excluding hydrogens is 520 g/mol. The third-order valence-electron chi connectivity index (χ3n) is 10.0. The number of allylic oxidation sites excluding steroid dienone is 2. The van der Waals surface area contributed by atoms with E-state index in [1.165, 1.54) is 6.07 Å². The van der Waals surface area contributed by atoms with E-state index in [1.54, 1.807) is 13.0 Å². The van der Waals surface area contributed by atoms with Crippen LogP contribution in [0.5, 0.6) is 5.75 Å². The Bertz CT molecular complexity index is 1390. The second-order valence-corrected chi connectivity index (χ2v) is 14.6. The van der Waals surface area contributed by atoms with Gasteiger partial charge < -0.3 is 20.4 Å². The number of hydrogen-bond donors (Lipinski definition) is 4. The Morgan fingerprint density at radius 3 is 2.22 bits per heavy atom. The Hall–Kier alpha value is -2.93. The number of aliphatic hydroxyl groups is 3. The number of Topliss-reactive ketones (excluding diaryl/α,β-unsaturated/α-hetero) is 3. The summed E-state index contributed by atoms with van der Waals surface area (Å²) in [5.74, 6) is -4.74. The fraction of sp³-hybridized carbons (Fsp3) is 0.618. The summed E-state index contributed by atoms with van der Waals surface area (Å²) in [5.41, 5.74) is -4.43. The molecule has 0 saturated carbocycles. The van der Waals surface area contributed by atoms with Crippen LogP contribution in [0.1, 0.15) is 115 Å². The van der Waals surface area contributed by atoms with Crippen LogP contribution >= 0.6 is 0 Å². The molecule has 3 aliphatic carbocycles. The number of fused-ring (bicyclic) bond motifs is 3. The Balaban J connectivity index is 1.99. The molecule has 7 nitrogen and oxygen atoms in total. The van der Waals surface area contributed by atoms with Crippen LogP contribution in [0.4, 0.5) is 0 Å². The number of phenolic OH excluding ortho intramolecular Hbond substituents is 1. The molecule has 0 heterocycles. The molecule has 4 N–H and O–H groups in total. The zero-order valence-corrected chi connectivity index (χ0v) is 25.9. The molecule has 0 bridgehead atoms.